The van der Waals surface area contributed by atoms with Gasteiger partial charge in [-0.15, -0.1) is 11.8 Å². The minimum Gasteiger partial charge on any atom is -0.388 e. The first-order valence-electron chi connectivity index (χ1n) is 6.01. The minimum absolute atomic E-state index is 0.470. The highest BCUT2D eigenvalue weighted by Gasteiger charge is 2.32. The van der Waals surface area contributed by atoms with Crippen molar-refractivity contribution in [3.05, 3.63) is 18.3 Å². The van der Waals surface area contributed by atoms with E-state index in [1.165, 1.54) is 0 Å². The number of hydrogen-bond donors (Lipinski definition) is 1. The Balaban J connectivity index is 2.18. The van der Waals surface area contributed by atoms with Crippen molar-refractivity contribution in [3.8, 4) is 0 Å². The van der Waals surface area contributed by atoms with E-state index in [1.54, 1.807) is 11.8 Å². The average Bonchev–Trinajstić information content (AvgIpc) is 2.33. The number of aliphatic hydroxyl groups is 1. The maximum absolute atomic E-state index is 10.2. The number of nitrogens with zero attached hydrogens (tertiary/aromatic N) is 2. The van der Waals surface area contributed by atoms with Crippen LogP contribution in [0.4, 0.5) is 5.69 Å². The molecule has 4 heteroatoms. The number of pyridine rings is 1. The van der Waals surface area contributed by atoms with Gasteiger partial charge in [0.1, 0.15) is 0 Å². The summed E-state index contributed by atoms with van der Waals surface area (Å²) < 4.78 is 0. The predicted molar refractivity (Wildman–Crippen MR) is 72.7 cm³/mol. The van der Waals surface area contributed by atoms with Crippen LogP contribution in [0.3, 0.4) is 0 Å². The van der Waals surface area contributed by atoms with E-state index < -0.39 is 5.60 Å². The second-order valence-electron chi connectivity index (χ2n) is 5.07. The van der Waals surface area contributed by atoms with Gasteiger partial charge < -0.3 is 10.0 Å². The van der Waals surface area contributed by atoms with Crippen molar-refractivity contribution < 1.29 is 5.11 Å². The Morgan fingerprint density at radius 1 is 1.53 bits per heavy atom. The van der Waals surface area contributed by atoms with Gasteiger partial charge in [0, 0.05) is 12.6 Å². The summed E-state index contributed by atoms with van der Waals surface area (Å²) in [6.45, 7) is 4.81. The lowest BCUT2D eigenvalue weighted by Gasteiger charge is -2.42. The monoisotopic (exact) mass is 252 g/mol. The second-order valence-corrected chi connectivity index (χ2v) is 5.90. The number of anilines is 1. The number of aromatic nitrogens is 1. The Bertz CT molecular complexity index is 378. The van der Waals surface area contributed by atoms with Gasteiger partial charge in [0.15, 0.2) is 0 Å². The highest BCUT2D eigenvalue weighted by molar-refractivity contribution is 7.98. The van der Waals surface area contributed by atoms with Gasteiger partial charge in [-0.25, -0.2) is 4.98 Å². The fourth-order valence-electron chi connectivity index (χ4n) is 2.29. The summed E-state index contributed by atoms with van der Waals surface area (Å²) >= 11 is 1.65. The van der Waals surface area contributed by atoms with Gasteiger partial charge in [-0.1, -0.05) is 0 Å². The van der Waals surface area contributed by atoms with Crippen molar-refractivity contribution in [2.45, 2.75) is 43.4 Å². The van der Waals surface area contributed by atoms with Crippen molar-refractivity contribution in [3.63, 3.8) is 0 Å². The quantitative estimate of drug-likeness (QED) is 0.821. The molecular weight excluding hydrogens is 232 g/mol. The predicted octanol–water partition coefficient (Wildman–Crippen LogP) is 2.54. The molecule has 1 aromatic heterocycles. The molecule has 1 saturated heterocycles. The normalized spacial score (nSPS) is 29.4. The summed E-state index contributed by atoms with van der Waals surface area (Å²) in [6.07, 6.45) is 5.83. The first-order valence-corrected chi connectivity index (χ1v) is 7.23. The Kier molecular flexibility index (Phi) is 3.64. The third kappa shape index (κ3) is 2.93. The minimum atomic E-state index is -0.579. The van der Waals surface area contributed by atoms with Crippen molar-refractivity contribution in [1.29, 1.82) is 0 Å². The Labute approximate surface area is 107 Å². The van der Waals surface area contributed by atoms with Crippen LogP contribution < -0.4 is 4.90 Å². The zero-order valence-corrected chi connectivity index (χ0v) is 11.5. The zero-order valence-electron chi connectivity index (χ0n) is 10.7. The Morgan fingerprint density at radius 2 is 2.29 bits per heavy atom. The molecule has 0 radical (unpaired) electrons. The lowest BCUT2D eigenvalue weighted by Crippen LogP contribution is -2.50. The zero-order chi connectivity index (χ0) is 12.5. The van der Waals surface area contributed by atoms with E-state index in [-0.39, 0.29) is 0 Å². The summed E-state index contributed by atoms with van der Waals surface area (Å²) in [5.41, 5.74) is 0.528. The van der Waals surface area contributed by atoms with Crippen LogP contribution in [0.1, 0.15) is 26.7 Å². The molecule has 1 fully saturated rings. The number of thioether (sulfide) groups is 1. The van der Waals surface area contributed by atoms with Crippen molar-refractivity contribution >= 4 is 17.4 Å². The van der Waals surface area contributed by atoms with Crippen LogP contribution in [-0.2, 0) is 0 Å². The second kappa shape index (κ2) is 4.86. The van der Waals surface area contributed by atoms with Crippen molar-refractivity contribution in [2.75, 3.05) is 17.7 Å². The van der Waals surface area contributed by atoms with Gasteiger partial charge in [0.2, 0.25) is 0 Å². The molecule has 2 atom stereocenters. The average molecular weight is 252 g/mol. The SMILES string of the molecule is CSc1ccc(N2C[C@](C)(O)CC[C@@H]2C)cn1. The lowest BCUT2D eigenvalue weighted by atomic mass is 9.90. The molecule has 2 rings (SSSR count). The topological polar surface area (TPSA) is 36.4 Å². The molecule has 2 heterocycles. The third-order valence-electron chi connectivity index (χ3n) is 3.41. The van der Waals surface area contributed by atoms with Gasteiger partial charge in [-0.05, 0) is 45.1 Å². The van der Waals surface area contributed by atoms with E-state index in [0.717, 1.165) is 23.6 Å². The molecule has 0 bridgehead atoms. The maximum atomic E-state index is 10.2. The van der Waals surface area contributed by atoms with Gasteiger partial charge in [-0.2, -0.15) is 0 Å². The highest BCUT2D eigenvalue weighted by Crippen LogP contribution is 2.29. The van der Waals surface area contributed by atoms with E-state index in [0.29, 0.717) is 12.6 Å². The molecule has 0 unspecified atom stereocenters. The van der Waals surface area contributed by atoms with Gasteiger partial charge >= 0.3 is 0 Å². The van der Waals surface area contributed by atoms with Crippen LogP contribution in [0.2, 0.25) is 0 Å². The van der Waals surface area contributed by atoms with Crippen molar-refractivity contribution in [1.82, 2.24) is 4.98 Å². The highest BCUT2D eigenvalue weighted by atomic mass is 32.2. The molecule has 17 heavy (non-hydrogen) atoms. The van der Waals surface area contributed by atoms with Gasteiger partial charge in [0.05, 0.1) is 22.5 Å². The molecule has 0 aliphatic carbocycles. The van der Waals surface area contributed by atoms with Crippen LogP contribution in [0.15, 0.2) is 23.4 Å². The molecule has 0 spiro atoms. The number of piperidine rings is 1. The van der Waals surface area contributed by atoms with Gasteiger partial charge in [0.25, 0.3) is 0 Å². The summed E-state index contributed by atoms with van der Waals surface area (Å²) in [4.78, 5) is 6.64. The summed E-state index contributed by atoms with van der Waals surface area (Å²) in [7, 11) is 0. The Morgan fingerprint density at radius 3 is 2.88 bits per heavy atom. The molecule has 0 amide bonds. The van der Waals surface area contributed by atoms with E-state index in [9.17, 15) is 5.11 Å². The largest absolute Gasteiger partial charge is 0.388 e. The fraction of sp³-hybridized carbons (Fsp3) is 0.615. The Hall–Kier alpha value is -0.740. The molecule has 94 valence electrons. The molecule has 0 aromatic carbocycles. The van der Waals surface area contributed by atoms with Gasteiger partial charge in [-0.3, -0.25) is 0 Å². The van der Waals surface area contributed by atoms with Crippen LogP contribution in [-0.4, -0.2) is 34.5 Å². The number of β-amino-alcohol motifs (C(OH)–C–C–N with tert-alkyl or cyclic N) is 1. The van der Waals surface area contributed by atoms with Crippen LogP contribution in [0, 0.1) is 0 Å². The molecule has 1 aromatic rings. The standard InChI is InChI=1S/C13H20N2OS/c1-10-6-7-13(2,16)9-15(10)11-4-5-12(17-3)14-8-11/h4-5,8,10,16H,6-7,9H2,1-3H3/t10-,13+/m0/s1. The molecular formula is C13H20N2OS. The summed E-state index contributed by atoms with van der Waals surface area (Å²) in [6, 6.07) is 4.60. The smallest absolute Gasteiger partial charge is 0.0958 e. The van der Waals surface area contributed by atoms with Crippen LogP contribution in [0.5, 0.6) is 0 Å². The molecule has 1 aliphatic rings. The first-order chi connectivity index (χ1) is 8.02. The number of rotatable bonds is 2. The van der Waals surface area contributed by atoms with E-state index in [4.69, 9.17) is 0 Å². The van der Waals surface area contributed by atoms with E-state index in [2.05, 4.69) is 22.9 Å². The summed E-state index contributed by atoms with van der Waals surface area (Å²) in [5.74, 6) is 0. The molecule has 1 N–H and O–H groups in total. The first kappa shape index (κ1) is 12.7. The fourth-order valence-corrected chi connectivity index (χ4v) is 2.65. The maximum Gasteiger partial charge on any atom is 0.0958 e. The lowest BCUT2D eigenvalue weighted by molar-refractivity contribution is 0.0378. The molecule has 0 saturated carbocycles. The summed E-state index contributed by atoms with van der Waals surface area (Å²) in [5, 5.41) is 11.2. The third-order valence-corrected chi connectivity index (χ3v) is 4.07. The van der Waals surface area contributed by atoms with Crippen LogP contribution >= 0.6 is 11.8 Å². The van der Waals surface area contributed by atoms with Crippen molar-refractivity contribution in [2.24, 2.45) is 0 Å². The van der Waals surface area contributed by atoms with E-state index >= 15 is 0 Å². The number of hydrogen-bond acceptors (Lipinski definition) is 4. The molecule has 1 aliphatic heterocycles. The van der Waals surface area contributed by atoms with Crippen LogP contribution in [0.25, 0.3) is 0 Å². The van der Waals surface area contributed by atoms with E-state index in [1.807, 2.05) is 25.4 Å². The molecule has 3 nitrogen and oxygen atoms in total.